The van der Waals surface area contributed by atoms with Gasteiger partial charge < -0.3 is 0 Å². The van der Waals surface area contributed by atoms with Crippen molar-refractivity contribution < 1.29 is 0 Å². The molecule has 2 aromatic carbocycles. The lowest BCUT2D eigenvalue weighted by atomic mass is 10.2. The summed E-state index contributed by atoms with van der Waals surface area (Å²) in [6.07, 6.45) is 8.95. The number of hydrogen-bond acceptors (Lipinski definition) is 4. The van der Waals surface area contributed by atoms with Crippen molar-refractivity contribution in [2.75, 3.05) is 0 Å². The first-order valence-corrected chi connectivity index (χ1v) is 9.50. The Morgan fingerprint density at radius 3 is 2.40 bits per heavy atom. The van der Waals surface area contributed by atoms with Gasteiger partial charge in [0.15, 0.2) is 11.6 Å². The van der Waals surface area contributed by atoms with E-state index in [1.54, 1.807) is 18.3 Å². The lowest BCUT2D eigenvalue weighted by molar-refractivity contribution is 0.917. The number of imidazole rings is 2. The zero-order chi connectivity index (χ0) is 20.5. The summed E-state index contributed by atoms with van der Waals surface area (Å²) in [7, 11) is 0. The molecule has 3 aromatic heterocycles. The number of benzene rings is 2. The van der Waals surface area contributed by atoms with Crippen LogP contribution in [0, 0.1) is 0 Å². The summed E-state index contributed by atoms with van der Waals surface area (Å²) in [5, 5.41) is 0. The van der Waals surface area contributed by atoms with Crippen molar-refractivity contribution >= 4 is 22.4 Å². The molecule has 0 fully saturated rings. The molecule has 30 heavy (non-hydrogen) atoms. The van der Waals surface area contributed by atoms with Gasteiger partial charge in [-0.3, -0.25) is 4.40 Å². The Morgan fingerprint density at radius 2 is 1.63 bits per heavy atom. The number of fused-ring (bicyclic) bond motifs is 3. The van der Waals surface area contributed by atoms with E-state index < -0.39 is 0 Å². The van der Waals surface area contributed by atoms with Gasteiger partial charge in [0.05, 0.1) is 11.0 Å². The molecule has 5 aromatic rings. The second-order valence-corrected chi connectivity index (χ2v) is 6.63. The van der Waals surface area contributed by atoms with Crippen molar-refractivity contribution in [2.45, 2.75) is 0 Å². The van der Waals surface area contributed by atoms with Crippen LogP contribution in [0.1, 0.15) is 5.82 Å². The molecule has 0 aliphatic carbocycles. The summed E-state index contributed by atoms with van der Waals surface area (Å²) in [6.45, 7) is 7.69. The molecule has 6 nitrogen and oxygen atoms in total. The van der Waals surface area contributed by atoms with E-state index in [0.717, 1.165) is 27.9 Å². The summed E-state index contributed by atoms with van der Waals surface area (Å²) < 4.78 is 3.97. The molecule has 0 amide bonds. The average molecular weight is 390 g/mol. The number of aromatic nitrogens is 6. The van der Waals surface area contributed by atoms with Gasteiger partial charge in [-0.2, -0.15) is 9.97 Å². The number of allylic oxidation sites excluding steroid dienone is 4. The maximum absolute atomic E-state index is 4.80. The SMILES string of the molecule is C=C/C=C(\C=C)c1nc(-c2ccccc2)nc(-n2c3ccccc3n3ccnc23)n1. The van der Waals surface area contributed by atoms with Gasteiger partial charge in [0.25, 0.3) is 0 Å². The number of hydrogen-bond donors (Lipinski definition) is 0. The molecule has 0 spiro atoms. The molecule has 0 unspecified atom stereocenters. The minimum absolute atomic E-state index is 0.494. The van der Waals surface area contributed by atoms with E-state index >= 15 is 0 Å². The van der Waals surface area contributed by atoms with Crippen LogP contribution >= 0.6 is 0 Å². The first-order chi connectivity index (χ1) is 14.8. The van der Waals surface area contributed by atoms with Gasteiger partial charge in [0.2, 0.25) is 11.7 Å². The van der Waals surface area contributed by atoms with E-state index in [1.165, 1.54) is 0 Å². The number of rotatable bonds is 5. The van der Waals surface area contributed by atoms with Crippen molar-refractivity contribution in [3.05, 3.63) is 104 Å². The van der Waals surface area contributed by atoms with Gasteiger partial charge in [-0.15, -0.1) is 0 Å². The van der Waals surface area contributed by atoms with Crippen LogP contribution in [-0.4, -0.2) is 28.9 Å². The second kappa shape index (κ2) is 7.25. The Bertz CT molecular complexity index is 1420. The van der Waals surface area contributed by atoms with Crippen LogP contribution in [0.3, 0.4) is 0 Å². The van der Waals surface area contributed by atoms with E-state index in [0.29, 0.717) is 17.6 Å². The molecule has 0 bridgehead atoms. The van der Waals surface area contributed by atoms with E-state index in [1.807, 2.05) is 75.8 Å². The van der Waals surface area contributed by atoms with Crippen molar-refractivity contribution in [3.63, 3.8) is 0 Å². The smallest absolute Gasteiger partial charge is 0.241 e. The average Bonchev–Trinajstić information content (AvgIpc) is 3.38. The highest BCUT2D eigenvalue weighted by atomic mass is 15.3. The first kappa shape index (κ1) is 17.8. The first-order valence-electron chi connectivity index (χ1n) is 9.50. The van der Waals surface area contributed by atoms with Crippen LogP contribution in [-0.2, 0) is 0 Å². The molecule has 0 aliphatic rings. The van der Waals surface area contributed by atoms with Crippen molar-refractivity contribution in [1.29, 1.82) is 0 Å². The highest BCUT2D eigenvalue weighted by Gasteiger charge is 2.18. The predicted octanol–water partition coefficient (Wildman–Crippen LogP) is 4.89. The number of para-hydroxylation sites is 2. The summed E-state index contributed by atoms with van der Waals surface area (Å²) in [5.41, 5.74) is 3.66. The quantitative estimate of drug-likeness (QED) is 0.401. The van der Waals surface area contributed by atoms with Gasteiger partial charge in [0.1, 0.15) is 0 Å². The minimum atomic E-state index is 0.494. The van der Waals surface area contributed by atoms with Crippen LogP contribution in [0.4, 0.5) is 0 Å². The van der Waals surface area contributed by atoms with Crippen LogP contribution < -0.4 is 0 Å². The fourth-order valence-corrected chi connectivity index (χ4v) is 3.48. The lowest BCUT2D eigenvalue weighted by Gasteiger charge is -2.09. The molecule has 0 atom stereocenters. The molecule has 0 saturated heterocycles. The fourth-order valence-electron chi connectivity index (χ4n) is 3.48. The van der Waals surface area contributed by atoms with Crippen molar-refractivity contribution in [3.8, 4) is 17.3 Å². The molecule has 6 heteroatoms. The molecule has 5 rings (SSSR count). The van der Waals surface area contributed by atoms with Gasteiger partial charge in [-0.25, -0.2) is 14.5 Å². The Morgan fingerprint density at radius 1 is 0.867 bits per heavy atom. The maximum atomic E-state index is 4.80. The van der Waals surface area contributed by atoms with Crippen molar-refractivity contribution in [1.82, 2.24) is 28.9 Å². The maximum Gasteiger partial charge on any atom is 0.241 e. The zero-order valence-electron chi connectivity index (χ0n) is 16.2. The highest BCUT2D eigenvalue weighted by Crippen LogP contribution is 2.25. The lowest BCUT2D eigenvalue weighted by Crippen LogP contribution is -2.08. The molecule has 144 valence electrons. The Labute approximate surface area is 173 Å². The van der Waals surface area contributed by atoms with Gasteiger partial charge >= 0.3 is 0 Å². The Hall–Kier alpha value is -4.32. The standard InChI is InChI=1S/C24H18N6/c1-3-10-17(4-2)21-26-22(18-11-6-5-7-12-18)28-23(27-21)30-20-14-9-8-13-19(20)29-16-15-25-24(29)30/h3-16H,1-2H2/b17-10+. The molecular formula is C24H18N6. The summed E-state index contributed by atoms with van der Waals surface area (Å²) in [4.78, 5) is 18.8. The summed E-state index contributed by atoms with van der Waals surface area (Å²) in [5.74, 6) is 2.33. The zero-order valence-corrected chi connectivity index (χ0v) is 16.2. The van der Waals surface area contributed by atoms with E-state index in [9.17, 15) is 0 Å². The van der Waals surface area contributed by atoms with Crippen LogP contribution in [0.15, 0.2) is 98.4 Å². The molecule has 3 heterocycles. The monoisotopic (exact) mass is 390 g/mol. The topological polar surface area (TPSA) is 60.9 Å². The Kier molecular flexibility index (Phi) is 4.29. The molecule has 0 aliphatic heterocycles. The Balaban J connectivity index is 1.85. The van der Waals surface area contributed by atoms with E-state index in [2.05, 4.69) is 18.1 Å². The number of nitrogens with zero attached hydrogens (tertiary/aromatic N) is 6. The van der Waals surface area contributed by atoms with Gasteiger partial charge in [-0.05, 0) is 12.1 Å². The van der Waals surface area contributed by atoms with E-state index in [4.69, 9.17) is 15.0 Å². The van der Waals surface area contributed by atoms with Gasteiger partial charge in [-0.1, -0.05) is 73.9 Å². The third-order valence-corrected chi connectivity index (χ3v) is 4.83. The third kappa shape index (κ3) is 2.82. The van der Waals surface area contributed by atoms with Crippen LogP contribution in [0.5, 0.6) is 0 Å². The minimum Gasteiger partial charge on any atom is -0.283 e. The largest absolute Gasteiger partial charge is 0.283 e. The molecule has 0 N–H and O–H groups in total. The molecular weight excluding hydrogens is 372 g/mol. The molecule has 0 radical (unpaired) electrons. The fraction of sp³-hybridized carbons (Fsp3) is 0. The van der Waals surface area contributed by atoms with E-state index in [-0.39, 0.29) is 0 Å². The summed E-state index contributed by atoms with van der Waals surface area (Å²) in [6, 6.07) is 17.9. The van der Waals surface area contributed by atoms with Crippen LogP contribution in [0.2, 0.25) is 0 Å². The van der Waals surface area contributed by atoms with Gasteiger partial charge in [0, 0.05) is 23.5 Å². The normalized spacial score (nSPS) is 11.8. The third-order valence-electron chi connectivity index (χ3n) is 4.83. The van der Waals surface area contributed by atoms with Crippen LogP contribution in [0.25, 0.3) is 39.7 Å². The second-order valence-electron chi connectivity index (χ2n) is 6.63. The summed E-state index contributed by atoms with van der Waals surface area (Å²) >= 11 is 0. The molecule has 0 saturated carbocycles. The predicted molar refractivity (Wildman–Crippen MR) is 119 cm³/mol. The van der Waals surface area contributed by atoms with Crippen molar-refractivity contribution in [2.24, 2.45) is 0 Å². The highest BCUT2D eigenvalue weighted by molar-refractivity contribution is 5.83.